The predicted octanol–water partition coefficient (Wildman–Crippen LogP) is 0.765. The van der Waals surface area contributed by atoms with Crippen LogP contribution in [0, 0.1) is 0 Å². The molecule has 0 unspecified atom stereocenters. The summed E-state index contributed by atoms with van der Waals surface area (Å²) in [7, 11) is 1.83. The molecule has 2 rings (SSSR count). The van der Waals surface area contributed by atoms with Crippen LogP contribution in [0.5, 0.6) is 0 Å². The van der Waals surface area contributed by atoms with Gasteiger partial charge in [-0.15, -0.1) is 0 Å². The smallest absolute Gasteiger partial charge is 0.406 e. The van der Waals surface area contributed by atoms with Crippen LogP contribution in [0.2, 0.25) is 0 Å². The zero-order valence-electron chi connectivity index (χ0n) is 9.06. The number of fused-ring (bicyclic) bond motifs is 1. The molecule has 2 aromatic rings. The van der Waals surface area contributed by atoms with Crippen LogP contribution in [-0.4, -0.2) is 23.1 Å². The monoisotopic (exact) mass is 219 g/mol. The molecule has 0 fully saturated rings. The van der Waals surface area contributed by atoms with Gasteiger partial charge in [-0.3, -0.25) is 4.57 Å². The molecule has 0 saturated heterocycles. The molecule has 5 heteroatoms. The van der Waals surface area contributed by atoms with Gasteiger partial charge < -0.3 is 9.73 Å². The molecule has 0 saturated carbocycles. The lowest BCUT2D eigenvalue weighted by Gasteiger charge is -2.04. The molecule has 0 atom stereocenters. The summed E-state index contributed by atoms with van der Waals surface area (Å²) < 4.78 is 6.54. The van der Waals surface area contributed by atoms with Crippen molar-refractivity contribution in [3.05, 3.63) is 41.0 Å². The summed E-state index contributed by atoms with van der Waals surface area (Å²) in [5, 5.41) is 2.98. The zero-order chi connectivity index (χ0) is 11.5. The summed E-state index contributed by atoms with van der Waals surface area (Å²) in [6, 6.07) is 3.46. The first-order chi connectivity index (χ1) is 7.72. The van der Waals surface area contributed by atoms with Gasteiger partial charge >= 0.3 is 5.76 Å². The molecule has 1 N–H and O–H groups in total. The molecule has 0 radical (unpaired) electrons. The molecule has 0 bridgehead atoms. The van der Waals surface area contributed by atoms with E-state index in [4.69, 9.17) is 4.42 Å². The van der Waals surface area contributed by atoms with Crippen molar-refractivity contribution < 1.29 is 4.42 Å². The van der Waals surface area contributed by atoms with Crippen LogP contribution in [0.25, 0.3) is 11.2 Å². The van der Waals surface area contributed by atoms with E-state index >= 15 is 0 Å². The second-order valence-electron chi connectivity index (χ2n) is 3.56. The van der Waals surface area contributed by atoms with Crippen LogP contribution >= 0.6 is 0 Å². The molecule has 5 nitrogen and oxygen atoms in total. The Morgan fingerprint density at radius 3 is 3.25 bits per heavy atom. The summed E-state index contributed by atoms with van der Waals surface area (Å²) in [4.78, 5) is 15.7. The molecule has 0 aliphatic heterocycles. The Bertz CT molecular complexity index is 568. The van der Waals surface area contributed by atoms with Crippen LogP contribution in [0.15, 0.2) is 39.7 Å². The van der Waals surface area contributed by atoms with Crippen molar-refractivity contribution in [1.82, 2.24) is 14.9 Å². The molecule has 2 heterocycles. The van der Waals surface area contributed by atoms with Gasteiger partial charge in [0.2, 0.25) is 0 Å². The molecule has 0 aromatic carbocycles. The standard InChI is InChI=1S/C11H13N3O2/c1-8(6-12-2)7-14-10-9(16-11(14)15)4-3-5-13-10/h3-5,12H,1,6-7H2,2H3. The Labute approximate surface area is 92.4 Å². The van der Waals surface area contributed by atoms with Gasteiger partial charge in [-0.2, -0.15) is 0 Å². The lowest BCUT2D eigenvalue weighted by molar-refractivity contribution is 0.514. The third-order valence-electron chi connectivity index (χ3n) is 2.23. The number of nitrogens with zero attached hydrogens (tertiary/aromatic N) is 2. The van der Waals surface area contributed by atoms with Crippen LogP contribution in [0.1, 0.15) is 0 Å². The number of rotatable bonds is 4. The van der Waals surface area contributed by atoms with E-state index in [0.717, 1.165) is 5.57 Å². The number of likely N-dealkylation sites (N-methyl/N-ethyl adjacent to an activating group) is 1. The van der Waals surface area contributed by atoms with E-state index in [1.165, 1.54) is 4.57 Å². The Hall–Kier alpha value is -1.88. The van der Waals surface area contributed by atoms with Crippen LogP contribution < -0.4 is 11.1 Å². The van der Waals surface area contributed by atoms with Gasteiger partial charge in [0.25, 0.3) is 0 Å². The Morgan fingerprint density at radius 2 is 2.50 bits per heavy atom. The lowest BCUT2D eigenvalue weighted by atomic mass is 10.3. The molecule has 2 aromatic heterocycles. The van der Waals surface area contributed by atoms with Gasteiger partial charge in [0.1, 0.15) is 0 Å². The summed E-state index contributed by atoms with van der Waals surface area (Å²) in [6.07, 6.45) is 1.63. The molecule has 84 valence electrons. The third-order valence-corrected chi connectivity index (χ3v) is 2.23. The van der Waals surface area contributed by atoms with Crippen molar-refractivity contribution in [2.45, 2.75) is 6.54 Å². The number of hydrogen-bond donors (Lipinski definition) is 1. The van der Waals surface area contributed by atoms with E-state index in [-0.39, 0.29) is 0 Å². The van der Waals surface area contributed by atoms with Crippen molar-refractivity contribution in [2.24, 2.45) is 0 Å². The van der Waals surface area contributed by atoms with Crippen molar-refractivity contribution in [2.75, 3.05) is 13.6 Å². The molecular formula is C11H13N3O2. The molecule has 0 amide bonds. The average Bonchev–Trinajstić information content (AvgIpc) is 2.56. The lowest BCUT2D eigenvalue weighted by Crippen LogP contribution is -2.20. The maximum Gasteiger partial charge on any atom is 0.421 e. The zero-order valence-corrected chi connectivity index (χ0v) is 9.06. The van der Waals surface area contributed by atoms with Crippen molar-refractivity contribution in [1.29, 1.82) is 0 Å². The van der Waals surface area contributed by atoms with Gasteiger partial charge in [0.05, 0.1) is 6.54 Å². The van der Waals surface area contributed by atoms with Crippen LogP contribution in [0.4, 0.5) is 0 Å². The van der Waals surface area contributed by atoms with Crippen molar-refractivity contribution in [3.63, 3.8) is 0 Å². The number of oxazole rings is 1. The van der Waals surface area contributed by atoms with Gasteiger partial charge in [0, 0.05) is 12.7 Å². The molecule has 16 heavy (non-hydrogen) atoms. The van der Waals surface area contributed by atoms with Gasteiger partial charge in [-0.1, -0.05) is 6.58 Å². The fourth-order valence-electron chi connectivity index (χ4n) is 1.57. The average molecular weight is 219 g/mol. The number of nitrogens with one attached hydrogen (secondary N) is 1. The Morgan fingerprint density at radius 1 is 1.69 bits per heavy atom. The van der Waals surface area contributed by atoms with E-state index < -0.39 is 5.76 Å². The topological polar surface area (TPSA) is 60.1 Å². The summed E-state index contributed by atoms with van der Waals surface area (Å²) >= 11 is 0. The quantitative estimate of drug-likeness (QED) is 0.771. The fraction of sp³-hybridized carbons (Fsp3) is 0.273. The van der Waals surface area contributed by atoms with Crippen LogP contribution in [0.3, 0.4) is 0 Å². The van der Waals surface area contributed by atoms with Gasteiger partial charge in [0.15, 0.2) is 11.2 Å². The SMILES string of the molecule is C=C(CNC)Cn1c(=O)oc2cccnc21. The first-order valence-electron chi connectivity index (χ1n) is 4.98. The van der Waals surface area contributed by atoms with E-state index in [9.17, 15) is 4.79 Å². The third kappa shape index (κ3) is 1.90. The second kappa shape index (κ2) is 4.32. The highest BCUT2D eigenvalue weighted by molar-refractivity contribution is 5.67. The minimum absolute atomic E-state index is 0.397. The Balaban J connectivity index is 2.40. The normalized spacial score (nSPS) is 10.8. The van der Waals surface area contributed by atoms with E-state index in [1.54, 1.807) is 18.3 Å². The highest BCUT2D eigenvalue weighted by Gasteiger charge is 2.09. The minimum atomic E-state index is -0.397. The summed E-state index contributed by atoms with van der Waals surface area (Å²) in [6.45, 7) is 4.95. The van der Waals surface area contributed by atoms with Crippen LogP contribution in [-0.2, 0) is 6.54 Å². The van der Waals surface area contributed by atoms with Crippen molar-refractivity contribution >= 4 is 11.2 Å². The maximum absolute atomic E-state index is 11.6. The fourth-order valence-corrected chi connectivity index (χ4v) is 1.57. The summed E-state index contributed by atoms with van der Waals surface area (Å²) in [5.41, 5.74) is 1.97. The van der Waals surface area contributed by atoms with E-state index in [1.807, 2.05) is 7.05 Å². The highest BCUT2D eigenvalue weighted by Crippen LogP contribution is 2.09. The first-order valence-corrected chi connectivity index (χ1v) is 4.98. The van der Waals surface area contributed by atoms with Crippen molar-refractivity contribution in [3.8, 4) is 0 Å². The predicted molar refractivity (Wildman–Crippen MR) is 61.3 cm³/mol. The molecule has 0 aliphatic rings. The Kier molecular flexibility index (Phi) is 2.87. The first kappa shape index (κ1) is 10.6. The maximum atomic E-state index is 11.6. The second-order valence-corrected chi connectivity index (χ2v) is 3.56. The van der Waals surface area contributed by atoms with E-state index in [2.05, 4.69) is 16.9 Å². The molecule has 0 aliphatic carbocycles. The molecular weight excluding hydrogens is 206 g/mol. The van der Waals surface area contributed by atoms with Gasteiger partial charge in [-0.05, 0) is 24.8 Å². The molecule has 0 spiro atoms. The largest absolute Gasteiger partial charge is 0.421 e. The summed E-state index contributed by atoms with van der Waals surface area (Å²) in [5.74, 6) is -0.397. The van der Waals surface area contributed by atoms with Gasteiger partial charge in [-0.25, -0.2) is 9.78 Å². The number of pyridine rings is 1. The number of aromatic nitrogens is 2. The van der Waals surface area contributed by atoms with E-state index in [0.29, 0.717) is 24.3 Å². The highest BCUT2D eigenvalue weighted by atomic mass is 16.4. The number of hydrogen-bond acceptors (Lipinski definition) is 4. The minimum Gasteiger partial charge on any atom is -0.406 e.